The van der Waals surface area contributed by atoms with E-state index in [2.05, 4.69) is 6.92 Å². The normalized spacial score (nSPS) is 28.9. The Morgan fingerprint density at radius 3 is 2.33 bits per heavy atom. The number of aliphatic hydroxyl groups is 1. The maximum atomic E-state index is 12.2. The number of nitrogens with zero attached hydrogens (tertiary/aromatic N) is 1. The molecule has 1 aliphatic carbocycles. The smallest absolute Gasteiger partial charge is 0.233 e. The molecule has 18 heavy (non-hydrogen) atoms. The van der Waals surface area contributed by atoms with Crippen LogP contribution in [-0.4, -0.2) is 35.0 Å². The summed E-state index contributed by atoms with van der Waals surface area (Å²) in [6, 6.07) is 0. The van der Waals surface area contributed by atoms with Gasteiger partial charge in [0.05, 0.1) is 11.8 Å². The zero-order valence-corrected chi connectivity index (χ0v) is 11.1. The molecule has 102 valence electrons. The predicted octanol–water partition coefficient (Wildman–Crippen LogP) is 1.57. The summed E-state index contributed by atoms with van der Waals surface area (Å²) in [7, 11) is 0. The Bertz CT molecular complexity index is 301. The van der Waals surface area contributed by atoms with Gasteiger partial charge in [0.25, 0.3) is 0 Å². The van der Waals surface area contributed by atoms with E-state index < -0.39 is 0 Å². The summed E-state index contributed by atoms with van der Waals surface area (Å²) in [4.78, 5) is 25.8. The van der Waals surface area contributed by atoms with Gasteiger partial charge in [-0.15, -0.1) is 0 Å². The van der Waals surface area contributed by atoms with E-state index >= 15 is 0 Å². The third-order valence-corrected chi connectivity index (χ3v) is 4.36. The van der Waals surface area contributed by atoms with Gasteiger partial charge in [-0.05, 0) is 31.6 Å². The molecule has 0 spiro atoms. The number of carbonyl (C=O) groups excluding carboxylic acids is 2. The van der Waals surface area contributed by atoms with Crippen molar-refractivity contribution in [3.8, 4) is 0 Å². The number of amides is 2. The van der Waals surface area contributed by atoms with Gasteiger partial charge in [-0.25, -0.2) is 0 Å². The number of carbonyl (C=O) groups is 2. The van der Waals surface area contributed by atoms with Gasteiger partial charge in [0.15, 0.2) is 0 Å². The van der Waals surface area contributed by atoms with Crippen molar-refractivity contribution in [3.63, 3.8) is 0 Å². The van der Waals surface area contributed by atoms with Crippen molar-refractivity contribution < 1.29 is 14.7 Å². The van der Waals surface area contributed by atoms with Crippen molar-refractivity contribution in [1.82, 2.24) is 4.90 Å². The van der Waals surface area contributed by atoms with Gasteiger partial charge in [-0.3, -0.25) is 14.5 Å². The van der Waals surface area contributed by atoms with E-state index in [4.69, 9.17) is 5.11 Å². The molecule has 1 aliphatic heterocycles. The Hall–Kier alpha value is -0.900. The zero-order valence-electron chi connectivity index (χ0n) is 11.1. The summed E-state index contributed by atoms with van der Waals surface area (Å²) in [5, 5.41) is 9.04. The summed E-state index contributed by atoms with van der Waals surface area (Å²) < 4.78 is 0. The maximum absolute atomic E-state index is 12.2. The highest BCUT2D eigenvalue weighted by Crippen LogP contribution is 2.40. The molecule has 3 unspecified atom stereocenters. The Labute approximate surface area is 108 Å². The van der Waals surface area contributed by atoms with Crippen LogP contribution in [0.2, 0.25) is 0 Å². The minimum atomic E-state index is -0.0334. The van der Waals surface area contributed by atoms with Crippen LogP contribution in [0.5, 0.6) is 0 Å². The summed E-state index contributed by atoms with van der Waals surface area (Å²) in [5.41, 5.74) is 0. The molecule has 4 heteroatoms. The second-order valence-electron chi connectivity index (χ2n) is 5.60. The molecule has 0 aromatic carbocycles. The van der Waals surface area contributed by atoms with E-state index in [-0.39, 0.29) is 36.2 Å². The number of fused-ring (bicyclic) bond motifs is 1. The molecular formula is C14H23NO3. The minimum Gasteiger partial charge on any atom is -0.396 e. The fraction of sp³-hybridized carbons (Fsp3) is 0.857. The van der Waals surface area contributed by atoms with Crippen molar-refractivity contribution in [2.75, 3.05) is 13.2 Å². The molecule has 2 aliphatic rings. The van der Waals surface area contributed by atoms with Crippen LogP contribution in [0.3, 0.4) is 0 Å². The van der Waals surface area contributed by atoms with E-state index in [1.165, 1.54) is 4.90 Å². The standard InChI is InChI=1S/C14H23NO3/c1-2-4-10(7-8-16)9-15-13(17)11-5-3-6-12(11)14(15)18/h10-12,16H,2-9H2,1H3. The number of likely N-dealkylation sites (tertiary alicyclic amines) is 1. The molecule has 1 N–H and O–H groups in total. The van der Waals surface area contributed by atoms with E-state index in [0.29, 0.717) is 13.0 Å². The van der Waals surface area contributed by atoms with Crippen molar-refractivity contribution in [2.45, 2.75) is 45.4 Å². The highest BCUT2D eigenvalue weighted by Gasteiger charge is 2.49. The molecule has 2 amide bonds. The van der Waals surface area contributed by atoms with Crippen molar-refractivity contribution in [2.24, 2.45) is 17.8 Å². The number of aliphatic hydroxyl groups excluding tert-OH is 1. The average Bonchev–Trinajstić information content (AvgIpc) is 2.90. The Kier molecular flexibility index (Phi) is 4.38. The predicted molar refractivity (Wildman–Crippen MR) is 67.7 cm³/mol. The van der Waals surface area contributed by atoms with Gasteiger partial charge in [-0.1, -0.05) is 19.8 Å². The summed E-state index contributed by atoms with van der Waals surface area (Å²) in [6.07, 6.45) is 5.44. The number of hydrogen-bond donors (Lipinski definition) is 1. The van der Waals surface area contributed by atoms with Crippen LogP contribution in [0.4, 0.5) is 0 Å². The van der Waals surface area contributed by atoms with Gasteiger partial charge in [0.1, 0.15) is 0 Å². The fourth-order valence-electron chi connectivity index (χ4n) is 3.42. The van der Waals surface area contributed by atoms with Crippen molar-refractivity contribution in [3.05, 3.63) is 0 Å². The molecule has 2 fully saturated rings. The van der Waals surface area contributed by atoms with E-state index in [1.54, 1.807) is 0 Å². The molecule has 0 aromatic rings. The van der Waals surface area contributed by atoms with Crippen LogP contribution in [0.15, 0.2) is 0 Å². The third kappa shape index (κ3) is 2.44. The van der Waals surface area contributed by atoms with Crippen LogP contribution in [-0.2, 0) is 9.59 Å². The molecule has 1 heterocycles. The quantitative estimate of drug-likeness (QED) is 0.731. The molecule has 1 saturated heterocycles. The Morgan fingerprint density at radius 1 is 1.22 bits per heavy atom. The average molecular weight is 253 g/mol. The topological polar surface area (TPSA) is 57.6 Å². The number of imide groups is 1. The fourth-order valence-corrected chi connectivity index (χ4v) is 3.42. The van der Waals surface area contributed by atoms with Crippen LogP contribution >= 0.6 is 0 Å². The van der Waals surface area contributed by atoms with E-state index in [9.17, 15) is 9.59 Å². The highest BCUT2D eigenvalue weighted by molar-refractivity contribution is 6.05. The molecule has 2 rings (SSSR count). The lowest BCUT2D eigenvalue weighted by Crippen LogP contribution is -2.36. The van der Waals surface area contributed by atoms with Crippen molar-refractivity contribution >= 4 is 11.8 Å². The molecule has 0 bridgehead atoms. The number of rotatable bonds is 6. The number of hydrogen-bond acceptors (Lipinski definition) is 3. The molecule has 3 atom stereocenters. The van der Waals surface area contributed by atoms with Gasteiger partial charge < -0.3 is 5.11 Å². The lowest BCUT2D eigenvalue weighted by atomic mass is 9.99. The zero-order chi connectivity index (χ0) is 13.1. The minimum absolute atomic E-state index is 0.0334. The van der Waals surface area contributed by atoms with Crippen LogP contribution in [0.1, 0.15) is 45.4 Å². The molecule has 0 radical (unpaired) electrons. The van der Waals surface area contributed by atoms with Crippen LogP contribution < -0.4 is 0 Å². The van der Waals surface area contributed by atoms with Gasteiger partial charge in [0.2, 0.25) is 11.8 Å². The first-order valence-electron chi connectivity index (χ1n) is 7.15. The summed E-state index contributed by atoms with van der Waals surface area (Å²) >= 11 is 0. The first-order valence-corrected chi connectivity index (χ1v) is 7.15. The first-order chi connectivity index (χ1) is 8.69. The maximum Gasteiger partial charge on any atom is 0.233 e. The van der Waals surface area contributed by atoms with Gasteiger partial charge in [-0.2, -0.15) is 0 Å². The lowest BCUT2D eigenvalue weighted by molar-refractivity contribution is -0.141. The second-order valence-corrected chi connectivity index (χ2v) is 5.60. The Balaban J connectivity index is 2.00. The monoisotopic (exact) mass is 253 g/mol. The highest BCUT2D eigenvalue weighted by atomic mass is 16.3. The Morgan fingerprint density at radius 2 is 1.83 bits per heavy atom. The SMILES string of the molecule is CCCC(CCO)CN1C(=O)C2CCCC2C1=O. The van der Waals surface area contributed by atoms with Crippen molar-refractivity contribution in [1.29, 1.82) is 0 Å². The van der Waals surface area contributed by atoms with Crippen LogP contribution in [0.25, 0.3) is 0 Å². The summed E-state index contributed by atoms with van der Waals surface area (Å²) in [5.74, 6) is 0.276. The van der Waals surface area contributed by atoms with Gasteiger partial charge in [0, 0.05) is 13.2 Å². The largest absolute Gasteiger partial charge is 0.396 e. The van der Waals surface area contributed by atoms with Gasteiger partial charge >= 0.3 is 0 Å². The van der Waals surface area contributed by atoms with E-state index in [1.807, 2.05) is 0 Å². The molecular weight excluding hydrogens is 230 g/mol. The second kappa shape index (κ2) is 5.83. The first kappa shape index (κ1) is 13.5. The third-order valence-electron chi connectivity index (χ3n) is 4.36. The molecule has 1 saturated carbocycles. The molecule has 4 nitrogen and oxygen atoms in total. The van der Waals surface area contributed by atoms with E-state index in [0.717, 1.165) is 32.1 Å². The molecule has 0 aromatic heterocycles. The lowest BCUT2D eigenvalue weighted by Gasteiger charge is -2.22. The summed E-state index contributed by atoms with van der Waals surface area (Å²) in [6.45, 7) is 2.74. The van der Waals surface area contributed by atoms with Crippen LogP contribution in [0, 0.1) is 17.8 Å².